The SMILES string of the molecule is C#CCCC[C@@]1(CO)CCCN1C. The normalized spacial score (nSPS) is 29.0. The van der Waals surface area contributed by atoms with E-state index < -0.39 is 0 Å². The maximum absolute atomic E-state index is 9.39. The van der Waals surface area contributed by atoms with Gasteiger partial charge in [-0.25, -0.2) is 0 Å². The molecular weight excluding hydrogens is 162 g/mol. The monoisotopic (exact) mass is 181 g/mol. The third-order valence-electron chi connectivity index (χ3n) is 3.20. The summed E-state index contributed by atoms with van der Waals surface area (Å²) in [6.45, 7) is 1.38. The molecule has 1 heterocycles. The van der Waals surface area contributed by atoms with E-state index in [4.69, 9.17) is 6.42 Å². The summed E-state index contributed by atoms with van der Waals surface area (Å²) >= 11 is 0. The molecule has 0 aromatic carbocycles. The van der Waals surface area contributed by atoms with Crippen LogP contribution in [0.3, 0.4) is 0 Å². The molecule has 74 valence electrons. The van der Waals surface area contributed by atoms with E-state index in [0.29, 0.717) is 0 Å². The number of rotatable bonds is 4. The van der Waals surface area contributed by atoms with E-state index in [1.165, 1.54) is 6.42 Å². The summed E-state index contributed by atoms with van der Waals surface area (Å²) in [5, 5.41) is 9.39. The third kappa shape index (κ3) is 2.24. The van der Waals surface area contributed by atoms with E-state index in [1.54, 1.807) is 0 Å². The molecule has 0 unspecified atom stereocenters. The van der Waals surface area contributed by atoms with Gasteiger partial charge in [0, 0.05) is 12.0 Å². The van der Waals surface area contributed by atoms with Gasteiger partial charge in [-0.3, -0.25) is 4.90 Å². The zero-order valence-corrected chi connectivity index (χ0v) is 8.42. The lowest BCUT2D eigenvalue weighted by atomic mass is 9.91. The standard InChI is InChI=1S/C11H19NO/c1-3-4-5-7-11(10-13)8-6-9-12(11)2/h1,13H,4-10H2,2H3/t11-/m0/s1. The Morgan fingerprint density at radius 2 is 2.38 bits per heavy atom. The van der Waals surface area contributed by atoms with Crippen molar-refractivity contribution in [3.8, 4) is 12.3 Å². The van der Waals surface area contributed by atoms with E-state index in [1.807, 2.05) is 0 Å². The Balaban J connectivity index is 2.45. The summed E-state index contributed by atoms with van der Waals surface area (Å²) in [6, 6.07) is 0. The first-order valence-corrected chi connectivity index (χ1v) is 5.01. The second-order valence-electron chi connectivity index (χ2n) is 3.97. The molecule has 0 aliphatic carbocycles. The summed E-state index contributed by atoms with van der Waals surface area (Å²) in [4.78, 5) is 2.28. The van der Waals surface area contributed by atoms with Gasteiger partial charge in [0.2, 0.25) is 0 Å². The van der Waals surface area contributed by atoms with Gasteiger partial charge in [0.1, 0.15) is 0 Å². The number of likely N-dealkylation sites (N-methyl/N-ethyl adjacent to an activating group) is 1. The molecule has 2 nitrogen and oxygen atoms in total. The second-order valence-corrected chi connectivity index (χ2v) is 3.97. The van der Waals surface area contributed by atoms with Crippen molar-refractivity contribution in [1.82, 2.24) is 4.90 Å². The molecule has 0 bridgehead atoms. The topological polar surface area (TPSA) is 23.5 Å². The van der Waals surface area contributed by atoms with Crippen LogP contribution >= 0.6 is 0 Å². The third-order valence-corrected chi connectivity index (χ3v) is 3.20. The molecular formula is C11H19NO. The number of likely N-dealkylation sites (tertiary alicyclic amines) is 1. The van der Waals surface area contributed by atoms with Gasteiger partial charge in [-0.05, 0) is 39.3 Å². The molecule has 1 fully saturated rings. The quantitative estimate of drug-likeness (QED) is 0.521. The maximum Gasteiger partial charge on any atom is 0.0615 e. The van der Waals surface area contributed by atoms with Crippen molar-refractivity contribution in [2.75, 3.05) is 20.2 Å². The highest BCUT2D eigenvalue weighted by molar-refractivity contribution is 4.95. The minimum absolute atomic E-state index is 0.0385. The zero-order chi connectivity index (χ0) is 9.73. The van der Waals surface area contributed by atoms with E-state index >= 15 is 0 Å². The molecule has 0 aromatic heterocycles. The van der Waals surface area contributed by atoms with Crippen LogP contribution in [0.5, 0.6) is 0 Å². The molecule has 0 aromatic rings. The smallest absolute Gasteiger partial charge is 0.0615 e. The van der Waals surface area contributed by atoms with Crippen molar-refractivity contribution >= 4 is 0 Å². The Hall–Kier alpha value is -0.520. The minimum Gasteiger partial charge on any atom is -0.394 e. The van der Waals surface area contributed by atoms with Crippen molar-refractivity contribution in [2.45, 2.75) is 37.6 Å². The Labute approximate surface area is 80.9 Å². The molecule has 0 amide bonds. The largest absolute Gasteiger partial charge is 0.394 e. The average molecular weight is 181 g/mol. The summed E-state index contributed by atoms with van der Waals surface area (Å²) in [6.07, 6.45) is 10.4. The highest BCUT2D eigenvalue weighted by Crippen LogP contribution is 2.31. The van der Waals surface area contributed by atoms with Gasteiger partial charge in [0.15, 0.2) is 0 Å². The van der Waals surface area contributed by atoms with E-state index in [2.05, 4.69) is 17.9 Å². The zero-order valence-electron chi connectivity index (χ0n) is 8.42. The molecule has 0 radical (unpaired) electrons. The fourth-order valence-electron chi connectivity index (χ4n) is 2.19. The number of hydrogen-bond donors (Lipinski definition) is 1. The molecule has 1 aliphatic rings. The first kappa shape index (κ1) is 10.6. The molecule has 0 spiro atoms. The lowest BCUT2D eigenvalue weighted by Gasteiger charge is -2.34. The Morgan fingerprint density at radius 3 is 2.85 bits per heavy atom. The van der Waals surface area contributed by atoms with Gasteiger partial charge in [-0.15, -0.1) is 12.3 Å². The first-order chi connectivity index (χ1) is 6.25. The van der Waals surface area contributed by atoms with Gasteiger partial charge in [-0.2, -0.15) is 0 Å². The highest BCUT2D eigenvalue weighted by Gasteiger charge is 2.37. The van der Waals surface area contributed by atoms with Crippen molar-refractivity contribution in [1.29, 1.82) is 0 Å². The van der Waals surface area contributed by atoms with Gasteiger partial charge in [0.05, 0.1) is 6.61 Å². The van der Waals surface area contributed by atoms with Crippen LogP contribution in [0.25, 0.3) is 0 Å². The van der Waals surface area contributed by atoms with Gasteiger partial charge in [-0.1, -0.05) is 0 Å². The Kier molecular flexibility index (Phi) is 3.77. The van der Waals surface area contributed by atoms with E-state index in [9.17, 15) is 5.11 Å². The number of terminal acetylenes is 1. The fraction of sp³-hybridized carbons (Fsp3) is 0.818. The summed E-state index contributed by atoms with van der Waals surface area (Å²) < 4.78 is 0. The summed E-state index contributed by atoms with van der Waals surface area (Å²) in [5.41, 5.74) is 0.0385. The van der Waals surface area contributed by atoms with E-state index in [-0.39, 0.29) is 12.1 Å². The minimum atomic E-state index is 0.0385. The number of aliphatic hydroxyl groups is 1. The van der Waals surface area contributed by atoms with Crippen LogP contribution in [0.2, 0.25) is 0 Å². The second kappa shape index (κ2) is 4.64. The Bertz CT molecular complexity index is 197. The van der Waals surface area contributed by atoms with Crippen molar-refractivity contribution in [3.05, 3.63) is 0 Å². The molecule has 2 heteroatoms. The van der Waals surface area contributed by atoms with Crippen molar-refractivity contribution < 1.29 is 5.11 Å². The van der Waals surface area contributed by atoms with Crippen LogP contribution in [-0.4, -0.2) is 35.7 Å². The van der Waals surface area contributed by atoms with Crippen LogP contribution in [0, 0.1) is 12.3 Å². The first-order valence-electron chi connectivity index (χ1n) is 5.01. The van der Waals surface area contributed by atoms with Gasteiger partial charge in [0.25, 0.3) is 0 Å². The number of nitrogens with zero attached hydrogens (tertiary/aromatic N) is 1. The van der Waals surface area contributed by atoms with Crippen molar-refractivity contribution in [3.63, 3.8) is 0 Å². The fourth-order valence-corrected chi connectivity index (χ4v) is 2.19. The molecule has 13 heavy (non-hydrogen) atoms. The summed E-state index contributed by atoms with van der Waals surface area (Å²) in [5.74, 6) is 2.65. The lowest BCUT2D eigenvalue weighted by molar-refractivity contribution is 0.0745. The molecule has 1 atom stereocenters. The van der Waals surface area contributed by atoms with Gasteiger partial charge < -0.3 is 5.11 Å². The number of aliphatic hydroxyl groups excluding tert-OH is 1. The molecule has 1 N–H and O–H groups in total. The number of hydrogen-bond acceptors (Lipinski definition) is 2. The predicted molar refractivity (Wildman–Crippen MR) is 54.4 cm³/mol. The predicted octanol–water partition coefficient (Wildman–Crippen LogP) is 1.25. The Morgan fingerprint density at radius 1 is 1.62 bits per heavy atom. The van der Waals surface area contributed by atoms with Crippen LogP contribution in [0.15, 0.2) is 0 Å². The van der Waals surface area contributed by atoms with Gasteiger partial charge >= 0.3 is 0 Å². The summed E-state index contributed by atoms with van der Waals surface area (Å²) in [7, 11) is 2.10. The van der Waals surface area contributed by atoms with Crippen LogP contribution < -0.4 is 0 Å². The molecule has 0 saturated carbocycles. The van der Waals surface area contributed by atoms with Crippen LogP contribution in [0.4, 0.5) is 0 Å². The average Bonchev–Trinajstić information content (AvgIpc) is 2.49. The number of unbranched alkanes of at least 4 members (excludes halogenated alkanes) is 1. The highest BCUT2D eigenvalue weighted by atomic mass is 16.3. The maximum atomic E-state index is 9.39. The van der Waals surface area contributed by atoms with Crippen LogP contribution in [0.1, 0.15) is 32.1 Å². The molecule has 1 rings (SSSR count). The van der Waals surface area contributed by atoms with Crippen LogP contribution in [-0.2, 0) is 0 Å². The lowest BCUT2D eigenvalue weighted by Crippen LogP contribution is -2.44. The molecule has 1 saturated heterocycles. The van der Waals surface area contributed by atoms with Crippen molar-refractivity contribution in [2.24, 2.45) is 0 Å². The van der Waals surface area contributed by atoms with E-state index in [0.717, 1.165) is 32.2 Å². The molecule has 1 aliphatic heterocycles.